The first-order chi connectivity index (χ1) is 11.3. The fourth-order valence-electron chi connectivity index (χ4n) is 1.85. The largest absolute Gasteiger partial charge is 0.383 e. The predicted octanol–water partition coefficient (Wildman–Crippen LogP) is 2.32. The van der Waals surface area contributed by atoms with Gasteiger partial charge in [0.05, 0.1) is 12.6 Å². The Bertz CT molecular complexity index is 579. The number of carbonyl (C=O) groups is 1. The molecule has 0 bridgehead atoms. The monoisotopic (exact) mass is 374 g/mol. The van der Waals surface area contributed by atoms with Crippen molar-refractivity contribution >= 4 is 35.1 Å². The molecule has 1 amide bonds. The first-order valence-corrected chi connectivity index (χ1v) is 8.29. The molecule has 0 saturated carbocycles. The van der Waals surface area contributed by atoms with Gasteiger partial charge in [0.25, 0.3) is 0 Å². The zero-order valence-electron chi connectivity index (χ0n) is 14.4. The van der Waals surface area contributed by atoms with Crippen LogP contribution in [0, 0.1) is 0 Å². The second-order valence-corrected chi connectivity index (χ2v) is 6.25. The molecule has 1 aromatic rings. The third-order valence-electron chi connectivity index (χ3n) is 3.25. The minimum Gasteiger partial charge on any atom is -0.383 e. The molecule has 134 valence electrons. The number of amides is 1. The van der Waals surface area contributed by atoms with E-state index in [4.69, 9.17) is 27.9 Å². The number of nitrogens with zero attached hydrogens (tertiary/aromatic N) is 2. The number of hydrogen-bond donors (Lipinski definition) is 2. The van der Waals surface area contributed by atoms with Crippen molar-refractivity contribution in [2.75, 3.05) is 40.9 Å². The SMILES string of the molecule is COCCNC(=NCC(=O)N(C)C)NC(C)c1ccc(Cl)cc1Cl. The van der Waals surface area contributed by atoms with Gasteiger partial charge in [-0.1, -0.05) is 29.3 Å². The quantitative estimate of drug-likeness (QED) is 0.436. The molecule has 0 radical (unpaired) electrons. The smallest absolute Gasteiger partial charge is 0.243 e. The molecule has 24 heavy (non-hydrogen) atoms. The van der Waals surface area contributed by atoms with Gasteiger partial charge in [0.15, 0.2) is 5.96 Å². The van der Waals surface area contributed by atoms with E-state index in [0.717, 1.165) is 5.56 Å². The van der Waals surface area contributed by atoms with E-state index in [2.05, 4.69) is 15.6 Å². The number of nitrogens with one attached hydrogen (secondary N) is 2. The number of guanidine groups is 1. The summed E-state index contributed by atoms with van der Waals surface area (Å²) in [4.78, 5) is 17.5. The van der Waals surface area contributed by atoms with Crippen LogP contribution in [-0.2, 0) is 9.53 Å². The molecule has 0 spiro atoms. The van der Waals surface area contributed by atoms with Crippen LogP contribution in [0.25, 0.3) is 0 Å². The molecule has 8 heteroatoms. The molecule has 0 aliphatic heterocycles. The number of benzene rings is 1. The highest BCUT2D eigenvalue weighted by molar-refractivity contribution is 6.35. The Labute approximate surface area is 153 Å². The number of ether oxygens (including phenoxy) is 1. The Morgan fingerprint density at radius 3 is 2.67 bits per heavy atom. The lowest BCUT2D eigenvalue weighted by atomic mass is 10.1. The Hall–Kier alpha value is -1.50. The summed E-state index contributed by atoms with van der Waals surface area (Å²) in [6, 6.07) is 5.23. The summed E-state index contributed by atoms with van der Waals surface area (Å²) in [5, 5.41) is 7.51. The Kier molecular flexibility index (Phi) is 8.89. The molecular weight excluding hydrogens is 351 g/mol. The van der Waals surface area contributed by atoms with Gasteiger partial charge in [-0.2, -0.15) is 0 Å². The van der Waals surface area contributed by atoms with Gasteiger partial charge in [-0.15, -0.1) is 0 Å². The highest BCUT2D eigenvalue weighted by atomic mass is 35.5. The first-order valence-electron chi connectivity index (χ1n) is 7.54. The van der Waals surface area contributed by atoms with E-state index in [-0.39, 0.29) is 18.5 Å². The molecule has 0 saturated heterocycles. The number of likely N-dealkylation sites (N-methyl/N-ethyl adjacent to an activating group) is 1. The van der Waals surface area contributed by atoms with Crippen LogP contribution < -0.4 is 10.6 Å². The lowest BCUT2D eigenvalue weighted by Gasteiger charge is -2.20. The van der Waals surface area contributed by atoms with Crippen LogP contribution in [0.2, 0.25) is 10.0 Å². The number of rotatable bonds is 7. The molecule has 1 atom stereocenters. The summed E-state index contributed by atoms with van der Waals surface area (Å²) in [6.45, 7) is 3.10. The lowest BCUT2D eigenvalue weighted by molar-refractivity contribution is -0.127. The molecule has 6 nitrogen and oxygen atoms in total. The standard InChI is InChI=1S/C16H24Cl2N4O2/c1-11(13-6-5-12(17)9-14(13)18)21-16(19-7-8-24-4)20-10-15(23)22(2)3/h5-6,9,11H,7-8,10H2,1-4H3,(H2,19,20,21). The number of methoxy groups -OCH3 is 1. The van der Waals surface area contributed by atoms with Gasteiger partial charge in [-0.3, -0.25) is 4.79 Å². The lowest BCUT2D eigenvalue weighted by Crippen LogP contribution is -2.41. The van der Waals surface area contributed by atoms with E-state index in [9.17, 15) is 4.79 Å². The van der Waals surface area contributed by atoms with Crippen molar-refractivity contribution in [2.45, 2.75) is 13.0 Å². The molecule has 0 aromatic heterocycles. The van der Waals surface area contributed by atoms with Crippen molar-refractivity contribution in [1.29, 1.82) is 0 Å². The third-order valence-corrected chi connectivity index (χ3v) is 3.81. The molecular formula is C16H24Cl2N4O2. The second kappa shape index (κ2) is 10.4. The normalized spacial score (nSPS) is 12.7. The average Bonchev–Trinajstić information content (AvgIpc) is 2.51. The maximum atomic E-state index is 11.7. The van der Waals surface area contributed by atoms with E-state index >= 15 is 0 Å². The third kappa shape index (κ3) is 6.95. The summed E-state index contributed by atoms with van der Waals surface area (Å²) in [6.07, 6.45) is 0. The number of carbonyl (C=O) groups excluding carboxylic acids is 1. The molecule has 1 rings (SSSR count). The maximum Gasteiger partial charge on any atom is 0.243 e. The molecule has 2 N–H and O–H groups in total. The van der Waals surface area contributed by atoms with Crippen molar-refractivity contribution in [3.05, 3.63) is 33.8 Å². The number of aliphatic imine (C=N–C) groups is 1. The predicted molar refractivity (Wildman–Crippen MR) is 98.9 cm³/mol. The van der Waals surface area contributed by atoms with Crippen LogP contribution in [0.15, 0.2) is 23.2 Å². The van der Waals surface area contributed by atoms with Crippen LogP contribution in [0.5, 0.6) is 0 Å². The van der Waals surface area contributed by atoms with Crippen LogP contribution in [0.1, 0.15) is 18.5 Å². The molecule has 0 aliphatic carbocycles. The van der Waals surface area contributed by atoms with Crippen LogP contribution in [0.3, 0.4) is 0 Å². The Balaban J connectivity index is 2.81. The molecule has 0 fully saturated rings. The average molecular weight is 375 g/mol. The van der Waals surface area contributed by atoms with E-state index in [1.807, 2.05) is 13.0 Å². The number of hydrogen-bond acceptors (Lipinski definition) is 3. The van der Waals surface area contributed by atoms with E-state index < -0.39 is 0 Å². The van der Waals surface area contributed by atoms with E-state index in [1.54, 1.807) is 33.3 Å². The molecule has 1 aromatic carbocycles. The summed E-state index contributed by atoms with van der Waals surface area (Å²) in [5.41, 5.74) is 0.890. The fraction of sp³-hybridized carbons (Fsp3) is 0.500. The highest BCUT2D eigenvalue weighted by Gasteiger charge is 2.12. The zero-order valence-corrected chi connectivity index (χ0v) is 15.9. The first kappa shape index (κ1) is 20.5. The van der Waals surface area contributed by atoms with E-state index in [0.29, 0.717) is 29.2 Å². The van der Waals surface area contributed by atoms with Gasteiger partial charge in [-0.05, 0) is 24.6 Å². The van der Waals surface area contributed by atoms with Gasteiger partial charge in [0.2, 0.25) is 5.91 Å². The molecule has 0 heterocycles. The topological polar surface area (TPSA) is 66.0 Å². The Morgan fingerprint density at radius 2 is 2.08 bits per heavy atom. The van der Waals surface area contributed by atoms with Crippen LogP contribution in [-0.4, -0.2) is 57.7 Å². The fourth-order valence-corrected chi connectivity index (χ4v) is 2.42. The summed E-state index contributed by atoms with van der Waals surface area (Å²) >= 11 is 12.2. The van der Waals surface area contributed by atoms with Crippen molar-refractivity contribution < 1.29 is 9.53 Å². The summed E-state index contributed by atoms with van der Waals surface area (Å²) in [5.74, 6) is 0.431. The minimum atomic E-state index is -0.113. The second-order valence-electron chi connectivity index (χ2n) is 5.40. The molecule has 1 unspecified atom stereocenters. The van der Waals surface area contributed by atoms with Gasteiger partial charge in [-0.25, -0.2) is 4.99 Å². The summed E-state index contributed by atoms with van der Waals surface area (Å²) < 4.78 is 5.02. The van der Waals surface area contributed by atoms with Gasteiger partial charge in [0.1, 0.15) is 6.54 Å². The van der Waals surface area contributed by atoms with Crippen molar-refractivity contribution in [2.24, 2.45) is 4.99 Å². The van der Waals surface area contributed by atoms with Gasteiger partial charge in [0, 0.05) is 37.8 Å². The Morgan fingerprint density at radius 1 is 1.38 bits per heavy atom. The maximum absolute atomic E-state index is 11.7. The van der Waals surface area contributed by atoms with Gasteiger partial charge >= 0.3 is 0 Å². The molecule has 0 aliphatic rings. The summed E-state index contributed by atoms with van der Waals surface area (Å²) in [7, 11) is 5.01. The highest BCUT2D eigenvalue weighted by Crippen LogP contribution is 2.25. The van der Waals surface area contributed by atoms with Crippen LogP contribution in [0.4, 0.5) is 0 Å². The number of halogens is 2. The van der Waals surface area contributed by atoms with Crippen molar-refractivity contribution in [1.82, 2.24) is 15.5 Å². The van der Waals surface area contributed by atoms with E-state index in [1.165, 1.54) is 4.90 Å². The van der Waals surface area contributed by atoms with Crippen molar-refractivity contribution in [3.8, 4) is 0 Å². The van der Waals surface area contributed by atoms with Gasteiger partial charge < -0.3 is 20.3 Å². The minimum absolute atomic E-state index is 0.0520. The van der Waals surface area contributed by atoms with Crippen molar-refractivity contribution in [3.63, 3.8) is 0 Å². The van der Waals surface area contributed by atoms with Crippen LogP contribution >= 0.6 is 23.2 Å². The zero-order chi connectivity index (χ0) is 18.1.